The molecular weight excluding hydrogens is 1290 g/mol. The Morgan fingerprint density at radius 3 is 1.18 bits per heavy atom. The molecule has 0 aliphatic rings. The summed E-state index contributed by atoms with van der Waals surface area (Å²) in [6.07, 6.45) is 1.37. The molecule has 23 N–H and O–H groups in total. The summed E-state index contributed by atoms with van der Waals surface area (Å²) in [4.78, 5) is 129. The molecule has 0 aliphatic carbocycles. The van der Waals surface area contributed by atoms with Gasteiger partial charge in [-0.05, 0) is 220 Å². The van der Waals surface area contributed by atoms with Gasteiger partial charge in [0.25, 0.3) is 0 Å². The largest absolute Gasteiger partial charge is 0.508 e. The minimum absolute atomic E-state index is 0. The van der Waals surface area contributed by atoms with Crippen LogP contribution in [0.25, 0.3) is 0 Å². The quantitative estimate of drug-likeness (QED) is 0.0124. The summed E-state index contributed by atoms with van der Waals surface area (Å²) in [6.45, 7) is 13.4. The second-order valence-corrected chi connectivity index (χ2v) is 26.2. The first-order valence-corrected chi connectivity index (χ1v) is 33.6. The van der Waals surface area contributed by atoms with Crippen molar-refractivity contribution in [2.45, 2.75) is 201 Å². The summed E-state index contributed by atoms with van der Waals surface area (Å²) in [5.74, 6) is -10.9. The molecule has 3 radical (unpaired) electrons. The second-order valence-electron chi connectivity index (χ2n) is 26.2. The average molecular weight is 1400 g/mol. The topological polar surface area (TPSA) is 498 Å². The number of aryl methyl sites for hydroxylation is 4. The number of primary amides is 2. The number of rotatable bonds is 43. The second kappa shape index (κ2) is 46.3. The van der Waals surface area contributed by atoms with E-state index in [-0.39, 0.29) is 109 Å². The lowest BCUT2D eigenvalue weighted by Gasteiger charge is -2.26. The van der Waals surface area contributed by atoms with E-state index in [0.29, 0.717) is 86.8 Å². The zero-order chi connectivity index (χ0) is 75.8. The fourth-order valence-electron chi connectivity index (χ4n) is 11.3. The Labute approximate surface area is 601 Å². The number of unbranched alkanes of at least 4 members (excludes halogenated alkanes) is 2. The van der Waals surface area contributed by atoms with Gasteiger partial charge in [0.15, 0.2) is 29.3 Å². The number of phenols is 2. The van der Waals surface area contributed by atoms with Crippen molar-refractivity contribution < 1.29 is 60.8 Å². The lowest BCUT2D eigenvalue weighted by Crippen LogP contribution is -2.48. The van der Waals surface area contributed by atoms with Gasteiger partial charge in [-0.2, -0.15) is 0 Å². The zero-order valence-electron chi connectivity index (χ0n) is 61.2. The van der Waals surface area contributed by atoms with Crippen LogP contribution in [0.5, 0.6) is 11.5 Å². The van der Waals surface area contributed by atoms with Gasteiger partial charge in [-0.25, -0.2) is 4.79 Å². The summed E-state index contributed by atoms with van der Waals surface area (Å²) in [6, 6.07) is 19.8. The number of carbonyl (C=O) groups excluding carboxylic acids is 9. The van der Waals surface area contributed by atoms with Gasteiger partial charge in [0.2, 0.25) is 23.6 Å². The van der Waals surface area contributed by atoms with Gasteiger partial charge in [0.1, 0.15) is 22.9 Å². The van der Waals surface area contributed by atoms with E-state index in [2.05, 4.69) is 25.9 Å². The Morgan fingerprint density at radius 2 is 0.832 bits per heavy atom. The lowest BCUT2D eigenvalue weighted by molar-refractivity contribution is -0.134. The number of aliphatic imine (C=N–C) groups is 2. The summed E-state index contributed by atoms with van der Waals surface area (Å²) < 4.78 is 23.2. The van der Waals surface area contributed by atoms with E-state index >= 15 is 0 Å². The van der Waals surface area contributed by atoms with Crippen molar-refractivity contribution in [2.75, 3.05) is 26.2 Å². The maximum atomic E-state index is 14.3. The third-order valence-corrected chi connectivity index (χ3v) is 16.6. The average Bonchev–Trinajstić information content (AvgIpc) is 0.833. The first-order chi connectivity index (χ1) is 47.4. The Balaban J connectivity index is 0.00000102. The van der Waals surface area contributed by atoms with Crippen LogP contribution in [0, 0.1) is 51.3 Å². The third kappa shape index (κ3) is 34.6. The number of aromatic hydroxyl groups is 2. The lowest BCUT2D eigenvalue weighted by atomic mass is 9.86. The van der Waals surface area contributed by atoms with Crippen LogP contribution in [-0.4, -0.2) is 139 Å². The highest BCUT2D eigenvalue weighted by atomic mass is 16.6. The van der Waals surface area contributed by atoms with Crippen LogP contribution in [0.4, 0.5) is 4.79 Å². The highest BCUT2D eigenvalue weighted by molar-refractivity contribution is 5.96. The predicted molar refractivity (Wildman–Crippen MR) is 397 cm³/mol. The smallest absolute Gasteiger partial charge is 0.408 e. The number of hydrogen-bond acceptors (Lipinski definition) is 17. The molecule has 0 saturated heterocycles. The Kier molecular flexibility index (Phi) is 39.4. The van der Waals surface area contributed by atoms with Gasteiger partial charge in [-0.1, -0.05) is 68.1 Å². The monoisotopic (exact) mass is 1400 g/mol. The fraction of sp³-hybridized carbons (Fsp3) is 0.527. The molecule has 5 amide bonds. The van der Waals surface area contributed by atoms with Crippen molar-refractivity contribution in [1.82, 2.24) is 16.0 Å². The zero-order valence-corrected chi connectivity index (χ0v) is 59.2. The van der Waals surface area contributed by atoms with Gasteiger partial charge in [0, 0.05) is 73.6 Å². The van der Waals surface area contributed by atoms with Crippen LogP contribution < -0.4 is 67.6 Å². The summed E-state index contributed by atoms with van der Waals surface area (Å²) >= 11 is 0. The molecule has 0 aliphatic heterocycles. The Bertz CT molecular complexity index is 3440. The van der Waals surface area contributed by atoms with E-state index < -0.39 is 113 Å². The normalized spacial score (nSPS) is 14.2. The predicted octanol–water partition coefficient (Wildman–Crippen LogP) is 4.67. The Morgan fingerprint density at radius 1 is 0.495 bits per heavy atom. The molecular formula is C74H114BN14O12. The summed E-state index contributed by atoms with van der Waals surface area (Å²) in [5.41, 5.74) is 55.4. The van der Waals surface area contributed by atoms with E-state index in [1.165, 1.54) is 0 Å². The number of alkyl carbamates (subject to hydrolysis) is 1. The van der Waals surface area contributed by atoms with Crippen LogP contribution in [0.1, 0.15) is 165 Å². The van der Waals surface area contributed by atoms with Crippen molar-refractivity contribution >= 4 is 73.2 Å². The number of guanidine groups is 2. The first kappa shape index (κ1) is 86.0. The van der Waals surface area contributed by atoms with Crippen LogP contribution in [0.2, 0.25) is 0 Å². The van der Waals surface area contributed by atoms with E-state index in [0.717, 1.165) is 22.3 Å². The van der Waals surface area contributed by atoms with Crippen LogP contribution in [0.3, 0.4) is 0 Å². The minimum Gasteiger partial charge on any atom is -0.508 e. The van der Waals surface area contributed by atoms with E-state index in [9.17, 15) is 53.4 Å². The van der Waals surface area contributed by atoms with Crippen molar-refractivity contribution in [1.29, 1.82) is 0 Å². The summed E-state index contributed by atoms with van der Waals surface area (Å²) in [7, 11) is 0. The van der Waals surface area contributed by atoms with E-state index in [1.54, 1.807) is 133 Å². The number of carbonyl (C=O) groups is 9. The molecule has 8 atom stereocenters. The number of nitrogens with one attached hydrogen (secondary N) is 3. The standard InChI is InChI=1S/C39H59N7O7.C34H51N7O5.CH4.B/c1-24-18-29(47)19-25(2)30(24)21-28(23-34(49)32(15-11-17-44-37(42)43)46-38(52)53-39(3,4)5)36(51)45-31(14-9-10-16-40)33(48)22-27(35(41)50)20-26-12-7-6-8-13-26;1-21-15-26(42)16-22(2)27(21)18-25(20-30(43)28(36)11-8-14-40-34(38)39)33(46)41-29(12-6-7-13-35)31(44)19-24(32(37)45)17-23-9-4-3-5-10-23;;/h6-8,12-13,18-19,27-28,31-32,47H,9-11,14-17,20-23,40H2,1-5H3,(H2,41,50)(H,45,51)(H,46,52)(H4,42,43,44);3-5,9-10,15-16,24-25,28-29,42H,6-8,11-14,17-20,35-36H2,1-2H3,(H2,37,45)(H,41,46)(H4,38,39,40);1H4;/t27-,28-,31+,32-;24-,25-,28-,29+;;/m11../s1/i27D;24D;;. The van der Waals surface area contributed by atoms with Crippen LogP contribution >= 0.6 is 0 Å². The number of nitrogens with zero attached hydrogens (tertiary/aromatic N) is 2. The van der Waals surface area contributed by atoms with Crippen LogP contribution in [0.15, 0.2) is 94.9 Å². The molecule has 0 aromatic heterocycles. The van der Waals surface area contributed by atoms with Crippen molar-refractivity contribution in [3.05, 3.63) is 129 Å². The molecule has 4 aromatic rings. The van der Waals surface area contributed by atoms with Crippen LogP contribution in [-0.2, 0) is 68.8 Å². The number of Topliss-reactive ketones (excluding diaryl/α,β-unsaturated/α-hetero) is 4. The number of phenolic OH excluding ortho intramolecular Hbond substituents is 2. The molecule has 4 aromatic carbocycles. The number of nitrogens with two attached hydrogens (primary N) is 9. The molecule has 0 saturated carbocycles. The maximum Gasteiger partial charge on any atom is 0.408 e. The SMILES string of the molecule is C.[2H][C@](CC(=O)[C@H](CCCCN)NC(=O)[C@@H](CC(=O)[C@@H](CCCN=C(N)N)NC(=O)OC(C)(C)C)Cc1c(C)cc(O)cc1C)(Cc1ccccc1)C(N)=O.[2H][C@](CC(=O)[C@H](CCCCN)NC(=O)[C@@H](CC(=O)[C@H](N)CCCN=C(N)N)Cc1c(C)cc(O)cc1C)(Cc1ccccc1)C(N)=O.[B]. The molecule has 555 valence electrons. The third-order valence-electron chi connectivity index (χ3n) is 16.6. The molecule has 0 unspecified atom stereocenters. The first-order valence-electron chi connectivity index (χ1n) is 34.6. The van der Waals surface area contributed by atoms with Gasteiger partial charge < -0.3 is 82.5 Å². The fourth-order valence-corrected chi connectivity index (χ4v) is 11.3. The molecule has 0 spiro atoms. The Hall–Kier alpha value is -9.21. The van der Waals surface area contributed by atoms with Gasteiger partial charge in [-0.15, -0.1) is 0 Å². The number of ketones is 4. The summed E-state index contributed by atoms with van der Waals surface area (Å²) in [5, 5.41) is 28.5. The number of ether oxygens (including phenoxy) is 1. The van der Waals surface area contributed by atoms with Gasteiger partial charge in [-0.3, -0.25) is 48.3 Å². The molecule has 4 rings (SSSR count). The molecule has 101 heavy (non-hydrogen) atoms. The molecule has 27 heteroatoms. The van der Waals surface area contributed by atoms with Crippen molar-refractivity contribution in [3.63, 3.8) is 0 Å². The van der Waals surface area contributed by atoms with E-state index in [1.807, 2.05) is 0 Å². The van der Waals surface area contributed by atoms with Gasteiger partial charge in [0.05, 0.1) is 24.2 Å². The molecule has 0 fully saturated rings. The van der Waals surface area contributed by atoms with Crippen molar-refractivity contribution in [3.8, 4) is 11.5 Å². The minimum atomic E-state index is -1.98. The molecule has 0 heterocycles. The van der Waals surface area contributed by atoms with Gasteiger partial charge >= 0.3 is 6.09 Å². The molecule has 0 bridgehead atoms. The number of benzene rings is 4. The number of amides is 5. The maximum absolute atomic E-state index is 14.3. The highest BCUT2D eigenvalue weighted by Crippen LogP contribution is 2.29. The number of hydrogen-bond donors (Lipinski definition) is 14. The highest BCUT2D eigenvalue weighted by Gasteiger charge is 2.35. The van der Waals surface area contributed by atoms with Crippen molar-refractivity contribution in [2.24, 2.45) is 85.2 Å². The van der Waals surface area contributed by atoms with E-state index in [4.69, 9.17) is 59.1 Å². The molecule has 26 nitrogen and oxygen atoms in total.